The average molecular weight is 1020 g/mol. The van der Waals surface area contributed by atoms with Gasteiger partial charge in [-0.15, -0.1) is 0 Å². The van der Waals surface area contributed by atoms with Crippen molar-refractivity contribution in [2.24, 2.45) is 0 Å². The number of nitrogens with two attached hydrogens (primary N) is 1. The number of H-pyrrole nitrogens is 2. The number of ether oxygens (including phenoxy) is 2. The number of morpholine rings is 2. The summed E-state index contributed by atoms with van der Waals surface area (Å²) in [5.41, 5.74) is 10.3. The summed E-state index contributed by atoms with van der Waals surface area (Å²) < 4.78 is 39.1. The number of carboxylic acids is 1. The van der Waals surface area contributed by atoms with Crippen molar-refractivity contribution in [3.63, 3.8) is 0 Å². The van der Waals surface area contributed by atoms with Gasteiger partial charge in [0.05, 0.1) is 68.4 Å². The third-order valence-electron chi connectivity index (χ3n) is 11.2. The molecule has 0 spiro atoms. The Morgan fingerprint density at radius 2 is 1.13 bits per heavy atom. The number of hydrogen-bond donors (Lipinski definition) is 6. The van der Waals surface area contributed by atoms with Crippen LogP contribution in [0.25, 0.3) is 22.3 Å². The van der Waals surface area contributed by atoms with Crippen LogP contribution in [0.3, 0.4) is 0 Å². The lowest BCUT2D eigenvalue weighted by Crippen LogP contribution is -2.40. The summed E-state index contributed by atoms with van der Waals surface area (Å²) in [6, 6.07) is 18.5. The average Bonchev–Trinajstić information content (AvgIpc) is 3.32. The molecular weight excluding hydrogens is 960 g/mol. The first-order chi connectivity index (χ1) is 33.9. The van der Waals surface area contributed by atoms with Gasteiger partial charge >= 0.3 is 5.97 Å². The number of pyridine rings is 4. The van der Waals surface area contributed by atoms with Crippen molar-refractivity contribution in [2.75, 3.05) is 82.1 Å². The Kier molecular flexibility index (Phi) is 19.4. The molecule has 6 aromatic rings. The van der Waals surface area contributed by atoms with Crippen molar-refractivity contribution in [1.82, 2.24) is 29.7 Å². The molecule has 2 aromatic carbocycles. The second-order valence-corrected chi connectivity index (χ2v) is 18.3. The molecule has 7 N–H and O–H groups in total. The minimum Gasteiger partial charge on any atom is -0.480 e. The third-order valence-corrected chi connectivity index (χ3v) is 11.7. The minimum absolute atomic E-state index is 0.000124. The molecule has 0 radical (unpaired) electrons. The molecule has 0 aliphatic carbocycles. The van der Waals surface area contributed by atoms with E-state index in [9.17, 15) is 28.0 Å². The largest absolute Gasteiger partial charge is 0.480 e. The smallest absolute Gasteiger partial charge is 0.317 e. The van der Waals surface area contributed by atoms with Crippen molar-refractivity contribution in [1.29, 1.82) is 0 Å². The number of benzene rings is 2. The molecule has 2 aliphatic rings. The lowest BCUT2D eigenvalue weighted by molar-refractivity contribution is -0.139. The SMILES string of the molecule is CC(C)c1[nH]c(=O)c(-c2cc(Cl)ccc2F)cc1Nc1ccnc(CC(=O)CN2CCOCC2)c1.CC(C)c1[nH]c(=O)c(-c2cc(Cl)ccc2F)cc1Nc1ccnc(N)c1.O=C(O)CN1CCOCC1. The van der Waals surface area contributed by atoms with E-state index in [4.69, 9.17) is 43.5 Å². The molecule has 0 saturated carbocycles. The normalized spacial score (nSPS) is 14.0. The fourth-order valence-corrected chi connectivity index (χ4v) is 8.07. The molecule has 71 heavy (non-hydrogen) atoms. The van der Waals surface area contributed by atoms with E-state index in [1.54, 1.807) is 42.7 Å². The summed E-state index contributed by atoms with van der Waals surface area (Å²) >= 11 is 12.0. The second kappa shape index (κ2) is 25.5. The van der Waals surface area contributed by atoms with E-state index in [0.717, 1.165) is 26.2 Å². The molecule has 0 amide bonds. The number of aliphatic carboxylic acids is 1. The van der Waals surface area contributed by atoms with Crippen LogP contribution in [0.15, 0.2) is 94.8 Å². The van der Waals surface area contributed by atoms with Crippen LogP contribution in [0.4, 0.5) is 37.3 Å². The monoisotopic (exact) mass is 1020 g/mol. The molecule has 6 heterocycles. The van der Waals surface area contributed by atoms with Gasteiger partial charge in [0.2, 0.25) is 0 Å². The lowest BCUT2D eigenvalue weighted by Gasteiger charge is -2.25. The highest BCUT2D eigenvalue weighted by Crippen LogP contribution is 2.32. The van der Waals surface area contributed by atoms with Crippen molar-refractivity contribution in [3.8, 4) is 22.3 Å². The molecule has 0 bridgehead atoms. The number of aromatic nitrogens is 4. The topological polar surface area (TPSA) is 221 Å². The summed E-state index contributed by atoms with van der Waals surface area (Å²) in [6.45, 7) is 13.9. The van der Waals surface area contributed by atoms with E-state index in [1.165, 1.54) is 36.4 Å². The van der Waals surface area contributed by atoms with Crippen LogP contribution in [0.5, 0.6) is 0 Å². The summed E-state index contributed by atoms with van der Waals surface area (Å²) in [5.74, 6) is -1.32. The molecule has 0 atom stereocenters. The van der Waals surface area contributed by atoms with E-state index in [0.29, 0.717) is 88.7 Å². The van der Waals surface area contributed by atoms with Gasteiger partial charge in [0.15, 0.2) is 5.78 Å². The van der Waals surface area contributed by atoms with Gasteiger partial charge in [-0.05, 0) is 78.6 Å². The van der Waals surface area contributed by atoms with Gasteiger partial charge in [-0.3, -0.25) is 34.0 Å². The van der Waals surface area contributed by atoms with E-state index in [2.05, 4.69) is 35.5 Å². The first-order valence-corrected chi connectivity index (χ1v) is 23.7. The third kappa shape index (κ3) is 15.7. The molecule has 376 valence electrons. The summed E-state index contributed by atoms with van der Waals surface area (Å²) in [6.07, 6.45) is 3.43. The van der Waals surface area contributed by atoms with Crippen LogP contribution < -0.4 is 27.5 Å². The number of aromatic amines is 2. The number of rotatable bonds is 14. The number of ketones is 1. The predicted octanol–water partition coefficient (Wildman–Crippen LogP) is 8.62. The lowest BCUT2D eigenvalue weighted by atomic mass is 10.0. The van der Waals surface area contributed by atoms with Gasteiger partial charge in [-0.25, -0.2) is 13.8 Å². The number of carbonyl (C=O) groups is 2. The second-order valence-electron chi connectivity index (χ2n) is 17.4. The van der Waals surface area contributed by atoms with Crippen molar-refractivity contribution in [3.05, 3.63) is 145 Å². The molecular formula is C51H57Cl2F2N9O7. The maximum Gasteiger partial charge on any atom is 0.317 e. The fraction of sp³-hybridized carbons (Fsp3) is 0.333. The first kappa shape index (κ1) is 53.8. The Balaban J connectivity index is 0.000000200. The molecule has 20 heteroatoms. The number of nitrogen functional groups attached to an aromatic ring is 1. The molecule has 2 aliphatic heterocycles. The van der Waals surface area contributed by atoms with Gasteiger partial charge in [0, 0.05) is 94.3 Å². The standard InChI is InChI=1S/C26H28ClFN4O3.C19H18ClFN4O.C6H11NO3/c1-16(2)25-24(14-22(26(34)31-25)21-11-17(27)3-4-23(21)28)30-18-5-6-29-19(12-18)13-20(33)15-32-7-9-35-10-8-32;1-10(2)18-16(24-12-5-6-23-17(22)8-12)9-14(19(26)25-18)13-7-11(20)3-4-15(13)21;8-6(9)5-7-1-3-10-4-2-7/h3-6,11-12,14,16H,7-10,13,15H2,1-2H3,(H,29,30)(H,31,34);3-10H,1-2H3,(H,25,26)(H3,22,23,24);1-5H2,(H,8,9). The number of carboxylic acid groups (broad SMARTS) is 1. The maximum atomic E-state index is 14.5. The zero-order valence-corrected chi connectivity index (χ0v) is 41.3. The zero-order valence-electron chi connectivity index (χ0n) is 39.8. The van der Waals surface area contributed by atoms with Crippen molar-refractivity contribution in [2.45, 2.75) is 46.0 Å². The molecule has 4 aromatic heterocycles. The van der Waals surface area contributed by atoms with Gasteiger partial charge in [0.1, 0.15) is 17.5 Å². The van der Waals surface area contributed by atoms with Crippen LogP contribution >= 0.6 is 23.2 Å². The molecule has 8 rings (SSSR count). The quantitative estimate of drug-likeness (QED) is 0.0602. The Morgan fingerprint density at radius 3 is 1.58 bits per heavy atom. The number of carbonyl (C=O) groups excluding carboxylic acids is 1. The Hall–Kier alpha value is -6.54. The number of nitrogens with zero attached hydrogens (tertiary/aromatic N) is 4. The van der Waals surface area contributed by atoms with E-state index in [1.807, 2.05) is 38.7 Å². The summed E-state index contributed by atoms with van der Waals surface area (Å²) in [7, 11) is 0. The fourth-order valence-electron chi connectivity index (χ4n) is 7.72. The van der Waals surface area contributed by atoms with E-state index >= 15 is 0 Å². The number of hydrogen-bond acceptors (Lipinski definition) is 13. The highest BCUT2D eigenvalue weighted by Gasteiger charge is 2.20. The van der Waals surface area contributed by atoms with Gasteiger partial charge < -0.3 is 40.9 Å². The van der Waals surface area contributed by atoms with Crippen LogP contribution in [0.1, 0.15) is 56.6 Å². The van der Waals surface area contributed by atoms with Crippen LogP contribution in [0.2, 0.25) is 10.0 Å². The highest BCUT2D eigenvalue weighted by atomic mass is 35.5. The van der Waals surface area contributed by atoms with Gasteiger partial charge in [-0.2, -0.15) is 0 Å². The number of anilines is 5. The van der Waals surface area contributed by atoms with E-state index < -0.39 is 23.2 Å². The summed E-state index contributed by atoms with van der Waals surface area (Å²) in [5, 5.41) is 15.6. The van der Waals surface area contributed by atoms with Crippen LogP contribution in [-0.2, 0) is 25.5 Å². The number of nitrogens with one attached hydrogen (secondary N) is 4. The molecule has 2 saturated heterocycles. The number of Topliss-reactive ketones (excluding diaryl/α,β-unsaturated/α-hetero) is 1. The van der Waals surface area contributed by atoms with Crippen LogP contribution in [0, 0.1) is 11.6 Å². The molecule has 16 nitrogen and oxygen atoms in total. The first-order valence-electron chi connectivity index (χ1n) is 22.9. The summed E-state index contributed by atoms with van der Waals surface area (Å²) in [4.78, 5) is 66.1. The Morgan fingerprint density at radius 1 is 0.676 bits per heavy atom. The van der Waals surface area contributed by atoms with Crippen molar-refractivity contribution < 1.29 is 33.0 Å². The van der Waals surface area contributed by atoms with Gasteiger partial charge in [0.25, 0.3) is 11.1 Å². The highest BCUT2D eigenvalue weighted by molar-refractivity contribution is 6.31. The molecule has 2 fully saturated rings. The predicted molar refractivity (Wildman–Crippen MR) is 273 cm³/mol. The Labute approximate surface area is 419 Å². The maximum absolute atomic E-state index is 14.5. The molecule has 0 unspecified atom stereocenters. The minimum atomic E-state index is -0.762. The number of halogens is 4. The van der Waals surface area contributed by atoms with Crippen LogP contribution in [-0.4, -0.2) is 112 Å². The Bertz CT molecular complexity index is 2920. The van der Waals surface area contributed by atoms with E-state index in [-0.39, 0.29) is 58.4 Å². The van der Waals surface area contributed by atoms with Crippen molar-refractivity contribution >= 4 is 63.5 Å². The van der Waals surface area contributed by atoms with Gasteiger partial charge in [-0.1, -0.05) is 50.9 Å². The zero-order chi connectivity index (χ0) is 51.2.